The van der Waals surface area contributed by atoms with E-state index in [9.17, 15) is 4.79 Å². The Labute approximate surface area is 102 Å². The van der Waals surface area contributed by atoms with Crippen LogP contribution in [0.15, 0.2) is 12.1 Å². The molecule has 1 fully saturated rings. The topological polar surface area (TPSA) is 68.0 Å². The van der Waals surface area contributed by atoms with E-state index in [2.05, 4.69) is 17.2 Å². The lowest BCUT2D eigenvalue weighted by Crippen LogP contribution is -2.27. The van der Waals surface area contributed by atoms with E-state index < -0.39 is 0 Å². The number of amides is 1. The van der Waals surface area contributed by atoms with Crippen LogP contribution in [-0.4, -0.2) is 16.9 Å². The number of nitrogens with zero attached hydrogens (tertiary/aromatic N) is 1. The third-order valence-corrected chi connectivity index (χ3v) is 3.13. The van der Waals surface area contributed by atoms with Crippen LogP contribution in [0.3, 0.4) is 0 Å². The zero-order valence-corrected chi connectivity index (χ0v) is 10.4. The van der Waals surface area contributed by atoms with Crippen molar-refractivity contribution in [1.82, 2.24) is 10.3 Å². The summed E-state index contributed by atoms with van der Waals surface area (Å²) in [5, 5.41) is 3.04. The molecule has 17 heavy (non-hydrogen) atoms. The number of aromatic nitrogens is 1. The summed E-state index contributed by atoms with van der Waals surface area (Å²) in [6.45, 7) is 4.01. The van der Waals surface area contributed by atoms with Gasteiger partial charge in [-0.1, -0.05) is 13.3 Å². The van der Waals surface area contributed by atoms with E-state index in [0.717, 1.165) is 12.1 Å². The van der Waals surface area contributed by atoms with Crippen molar-refractivity contribution >= 4 is 11.7 Å². The molecule has 0 bridgehead atoms. The highest BCUT2D eigenvalue weighted by Crippen LogP contribution is 2.34. The zero-order valence-electron chi connectivity index (χ0n) is 10.4. The van der Waals surface area contributed by atoms with Gasteiger partial charge in [0.1, 0.15) is 5.82 Å². The fourth-order valence-electron chi connectivity index (χ4n) is 2.19. The van der Waals surface area contributed by atoms with Gasteiger partial charge in [0.25, 0.3) is 5.91 Å². The number of nitrogen functional groups attached to an aromatic ring is 1. The Morgan fingerprint density at radius 2 is 2.35 bits per heavy atom. The van der Waals surface area contributed by atoms with Crippen LogP contribution in [0.25, 0.3) is 0 Å². The van der Waals surface area contributed by atoms with Crippen molar-refractivity contribution in [1.29, 1.82) is 0 Å². The standard InChI is InChI=1S/C13H19N3O/c1-3-4-9-6-11(9)16-13(17)10-5-8(2)15-12(14)7-10/h5,7,9,11H,3-4,6H2,1-2H3,(H2,14,15)(H,16,17). The first-order valence-corrected chi connectivity index (χ1v) is 6.15. The summed E-state index contributed by atoms with van der Waals surface area (Å²) >= 11 is 0. The predicted molar refractivity (Wildman–Crippen MR) is 67.7 cm³/mol. The lowest BCUT2D eigenvalue weighted by atomic mass is 10.2. The maximum Gasteiger partial charge on any atom is 0.251 e. The number of rotatable bonds is 4. The largest absolute Gasteiger partial charge is 0.384 e. The Morgan fingerprint density at radius 1 is 1.59 bits per heavy atom. The average Bonchev–Trinajstić information content (AvgIpc) is 2.95. The van der Waals surface area contributed by atoms with Gasteiger partial charge in [0.05, 0.1) is 0 Å². The smallest absolute Gasteiger partial charge is 0.251 e. The van der Waals surface area contributed by atoms with E-state index in [4.69, 9.17) is 5.73 Å². The van der Waals surface area contributed by atoms with Gasteiger partial charge in [-0.3, -0.25) is 4.79 Å². The van der Waals surface area contributed by atoms with Crippen LogP contribution in [0.1, 0.15) is 42.2 Å². The molecule has 3 N–H and O–H groups in total. The molecular formula is C13H19N3O. The third kappa shape index (κ3) is 2.96. The molecule has 0 aliphatic heterocycles. The van der Waals surface area contributed by atoms with Crippen molar-refractivity contribution in [2.24, 2.45) is 5.92 Å². The quantitative estimate of drug-likeness (QED) is 0.834. The van der Waals surface area contributed by atoms with E-state index >= 15 is 0 Å². The van der Waals surface area contributed by atoms with Gasteiger partial charge in [0.15, 0.2) is 0 Å². The number of aryl methyl sites for hydroxylation is 1. The van der Waals surface area contributed by atoms with Gasteiger partial charge in [-0.15, -0.1) is 0 Å². The number of nitrogens with two attached hydrogens (primary N) is 1. The summed E-state index contributed by atoms with van der Waals surface area (Å²) in [6, 6.07) is 3.75. The summed E-state index contributed by atoms with van der Waals surface area (Å²) in [5.74, 6) is 1.03. The summed E-state index contributed by atoms with van der Waals surface area (Å²) < 4.78 is 0. The molecule has 1 amide bonds. The molecule has 2 unspecified atom stereocenters. The molecule has 2 atom stereocenters. The molecule has 1 saturated carbocycles. The maximum atomic E-state index is 12.0. The number of pyridine rings is 1. The minimum atomic E-state index is -0.0363. The summed E-state index contributed by atoms with van der Waals surface area (Å²) in [4.78, 5) is 16.0. The molecule has 2 rings (SSSR count). The number of anilines is 1. The molecular weight excluding hydrogens is 214 g/mol. The van der Waals surface area contributed by atoms with Crippen LogP contribution in [0.4, 0.5) is 5.82 Å². The van der Waals surface area contributed by atoms with Crippen molar-refractivity contribution in [2.75, 3.05) is 5.73 Å². The minimum absolute atomic E-state index is 0.0363. The van der Waals surface area contributed by atoms with Gasteiger partial charge in [-0.2, -0.15) is 0 Å². The number of carbonyl (C=O) groups is 1. The highest BCUT2D eigenvalue weighted by atomic mass is 16.1. The Morgan fingerprint density at radius 3 is 3.00 bits per heavy atom. The van der Waals surface area contributed by atoms with Crippen LogP contribution in [0.2, 0.25) is 0 Å². The van der Waals surface area contributed by atoms with Crippen LogP contribution in [0, 0.1) is 12.8 Å². The van der Waals surface area contributed by atoms with Crippen LogP contribution in [-0.2, 0) is 0 Å². The molecule has 4 nitrogen and oxygen atoms in total. The van der Waals surface area contributed by atoms with E-state index in [1.54, 1.807) is 12.1 Å². The molecule has 1 aromatic heterocycles. The third-order valence-electron chi connectivity index (χ3n) is 3.13. The highest BCUT2D eigenvalue weighted by molar-refractivity contribution is 5.95. The Kier molecular flexibility index (Phi) is 3.31. The second-order valence-electron chi connectivity index (χ2n) is 4.79. The number of hydrogen-bond acceptors (Lipinski definition) is 3. The van der Waals surface area contributed by atoms with Gasteiger partial charge < -0.3 is 11.1 Å². The Bertz CT molecular complexity index is 410. The van der Waals surface area contributed by atoms with Gasteiger partial charge in [0, 0.05) is 17.3 Å². The summed E-state index contributed by atoms with van der Waals surface area (Å²) in [5.41, 5.74) is 7.01. The van der Waals surface area contributed by atoms with Gasteiger partial charge >= 0.3 is 0 Å². The van der Waals surface area contributed by atoms with Crippen molar-refractivity contribution in [3.8, 4) is 0 Å². The first kappa shape index (κ1) is 11.9. The number of hydrogen-bond donors (Lipinski definition) is 2. The number of nitrogens with one attached hydrogen (secondary N) is 1. The van der Waals surface area contributed by atoms with E-state index in [-0.39, 0.29) is 5.91 Å². The van der Waals surface area contributed by atoms with Gasteiger partial charge in [-0.05, 0) is 37.8 Å². The van der Waals surface area contributed by atoms with Crippen LogP contribution in [0.5, 0.6) is 0 Å². The zero-order chi connectivity index (χ0) is 12.4. The van der Waals surface area contributed by atoms with Crippen molar-refractivity contribution in [3.05, 3.63) is 23.4 Å². The second kappa shape index (κ2) is 4.73. The molecule has 0 aromatic carbocycles. The first-order valence-electron chi connectivity index (χ1n) is 6.15. The summed E-state index contributed by atoms with van der Waals surface area (Å²) in [6.07, 6.45) is 3.49. The van der Waals surface area contributed by atoms with E-state index in [1.165, 1.54) is 12.8 Å². The average molecular weight is 233 g/mol. The Balaban J connectivity index is 1.96. The van der Waals surface area contributed by atoms with E-state index in [1.807, 2.05) is 6.92 Å². The first-order chi connectivity index (χ1) is 8.10. The maximum absolute atomic E-state index is 12.0. The van der Waals surface area contributed by atoms with Crippen LogP contribution < -0.4 is 11.1 Å². The predicted octanol–water partition coefficient (Wildman–Crippen LogP) is 1.89. The SMILES string of the molecule is CCCC1CC1NC(=O)c1cc(C)nc(N)c1. The molecule has 0 saturated heterocycles. The minimum Gasteiger partial charge on any atom is -0.384 e. The molecule has 0 radical (unpaired) electrons. The molecule has 1 aromatic rings. The molecule has 0 spiro atoms. The van der Waals surface area contributed by atoms with Crippen molar-refractivity contribution < 1.29 is 4.79 Å². The molecule has 92 valence electrons. The van der Waals surface area contributed by atoms with E-state index in [0.29, 0.717) is 23.3 Å². The van der Waals surface area contributed by atoms with Gasteiger partial charge in [-0.25, -0.2) is 4.98 Å². The monoisotopic (exact) mass is 233 g/mol. The number of carbonyl (C=O) groups excluding carboxylic acids is 1. The highest BCUT2D eigenvalue weighted by Gasteiger charge is 2.37. The lowest BCUT2D eigenvalue weighted by molar-refractivity contribution is 0.0948. The normalized spacial score (nSPS) is 22.2. The molecule has 1 aliphatic carbocycles. The fraction of sp³-hybridized carbons (Fsp3) is 0.538. The molecule has 1 heterocycles. The van der Waals surface area contributed by atoms with Crippen molar-refractivity contribution in [3.63, 3.8) is 0 Å². The van der Waals surface area contributed by atoms with Crippen molar-refractivity contribution in [2.45, 2.75) is 39.2 Å². The Hall–Kier alpha value is -1.58. The van der Waals surface area contributed by atoms with Gasteiger partial charge in [0.2, 0.25) is 0 Å². The fourth-order valence-corrected chi connectivity index (χ4v) is 2.19. The van der Waals surface area contributed by atoms with Crippen LogP contribution >= 0.6 is 0 Å². The second-order valence-corrected chi connectivity index (χ2v) is 4.79. The lowest BCUT2D eigenvalue weighted by Gasteiger charge is -2.06. The molecule has 1 aliphatic rings. The molecule has 4 heteroatoms. The summed E-state index contributed by atoms with van der Waals surface area (Å²) in [7, 11) is 0.